The maximum atomic E-state index is 15.0. The van der Waals surface area contributed by atoms with Gasteiger partial charge in [0.15, 0.2) is 0 Å². The normalized spacial score (nSPS) is 15.9. The van der Waals surface area contributed by atoms with Crippen LogP contribution in [0.5, 0.6) is 0 Å². The van der Waals surface area contributed by atoms with Gasteiger partial charge in [0, 0.05) is 39.2 Å². The first-order valence-corrected chi connectivity index (χ1v) is 11.7. The van der Waals surface area contributed by atoms with E-state index in [2.05, 4.69) is 27.7 Å². The summed E-state index contributed by atoms with van der Waals surface area (Å²) in [4.78, 5) is 27.0. The van der Waals surface area contributed by atoms with E-state index >= 15 is 4.39 Å². The second kappa shape index (κ2) is 12.7. The molecule has 0 unspecified atom stereocenters. The standard InChI is InChI=1S/C27H33FN4O3/c1-4-5-14-31(15-6-13-29-3)18-21-7-9-22(10-8-21)25-12-11-23(16-26(25)28)32-19-24(35-27(32)34)17-30-20(2)33/h4-13,16,24,29H,14-15,17-19H2,1-3H3,(H,30,33)/b5-4+,13-6+/t24-/m0/s1. The molecule has 35 heavy (non-hydrogen) atoms. The molecule has 1 heterocycles. The molecule has 186 valence electrons. The number of nitrogens with zero attached hydrogens (tertiary/aromatic N) is 2. The summed E-state index contributed by atoms with van der Waals surface area (Å²) in [7, 11) is 1.87. The molecule has 2 amide bonds. The Balaban J connectivity index is 1.68. The van der Waals surface area contributed by atoms with E-state index in [0.717, 1.165) is 30.8 Å². The third kappa shape index (κ3) is 7.42. The molecule has 1 saturated heterocycles. The van der Waals surface area contributed by atoms with Gasteiger partial charge in [-0.25, -0.2) is 9.18 Å². The van der Waals surface area contributed by atoms with E-state index in [9.17, 15) is 9.59 Å². The third-order valence-corrected chi connectivity index (χ3v) is 5.64. The fourth-order valence-corrected chi connectivity index (χ4v) is 3.83. The first-order chi connectivity index (χ1) is 16.9. The summed E-state index contributed by atoms with van der Waals surface area (Å²) in [5, 5.41) is 5.64. The smallest absolute Gasteiger partial charge is 0.414 e. The average molecular weight is 481 g/mol. The van der Waals surface area contributed by atoms with E-state index in [-0.39, 0.29) is 19.0 Å². The van der Waals surface area contributed by atoms with Crippen LogP contribution in [0.15, 0.2) is 66.9 Å². The molecule has 2 aromatic rings. The van der Waals surface area contributed by atoms with Gasteiger partial charge in [-0.3, -0.25) is 14.6 Å². The molecule has 0 aliphatic carbocycles. The highest BCUT2D eigenvalue weighted by Crippen LogP contribution is 2.29. The van der Waals surface area contributed by atoms with Gasteiger partial charge in [0.2, 0.25) is 5.91 Å². The quantitative estimate of drug-likeness (QED) is 0.475. The fourth-order valence-electron chi connectivity index (χ4n) is 3.83. The predicted molar refractivity (Wildman–Crippen MR) is 136 cm³/mol. The average Bonchev–Trinajstić information content (AvgIpc) is 3.22. The molecular weight excluding hydrogens is 447 g/mol. The molecule has 0 aromatic heterocycles. The number of halogens is 1. The fraction of sp³-hybridized carbons (Fsp3) is 0.333. The van der Waals surface area contributed by atoms with Crippen LogP contribution in [0.3, 0.4) is 0 Å². The number of ether oxygens (including phenoxy) is 1. The van der Waals surface area contributed by atoms with Crippen molar-refractivity contribution in [3.63, 3.8) is 0 Å². The number of benzene rings is 2. The number of carbonyl (C=O) groups excluding carboxylic acids is 2. The molecule has 2 N–H and O–H groups in total. The van der Waals surface area contributed by atoms with Gasteiger partial charge in [0.05, 0.1) is 18.8 Å². The van der Waals surface area contributed by atoms with Crippen molar-refractivity contribution in [2.24, 2.45) is 0 Å². The Morgan fingerprint density at radius 2 is 1.94 bits per heavy atom. The van der Waals surface area contributed by atoms with E-state index in [1.165, 1.54) is 17.9 Å². The van der Waals surface area contributed by atoms with E-state index in [1.54, 1.807) is 12.1 Å². The number of nitrogens with one attached hydrogen (secondary N) is 2. The van der Waals surface area contributed by atoms with Crippen LogP contribution in [0.25, 0.3) is 11.1 Å². The number of carbonyl (C=O) groups is 2. The summed E-state index contributed by atoms with van der Waals surface area (Å²) in [5.41, 5.74) is 2.79. The van der Waals surface area contributed by atoms with Crippen LogP contribution < -0.4 is 15.5 Å². The number of allylic oxidation sites excluding steroid dienone is 1. The van der Waals surface area contributed by atoms with Crippen LogP contribution in [-0.2, 0) is 16.1 Å². The Morgan fingerprint density at radius 3 is 2.60 bits per heavy atom. The van der Waals surface area contributed by atoms with Crippen LogP contribution in [0, 0.1) is 5.82 Å². The predicted octanol–water partition coefficient (Wildman–Crippen LogP) is 4.07. The molecule has 0 radical (unpaired) electrons. The maximum Gasteiger partial charge on any atom is 0.414 e. The molecular formula is C27H33FN4O3. The molecule has 3 rings (SSSR count). The minimum absolute atomic E-state index is 0.197. The van der Waals surface area contributed by atoms with Crippen LogP contribution in [0.4, 0.5) is 14.9 Å². The minimum Gasteiger partial charge on any atom is -0.442 e. The molecule has 1 aliphatic rings. The van der Waals surface area contributed by atoms with E-state index in [1.807, 2.05) is 50.5 Å². The summed E-state index contributed by atoms with van der Waals surface area (Å²) in [6.07, 6.45) is 7.13. The summed E-state index contributed by atoms with van der Waals surface area (Å²) in [6.45, 7) is 6.31. The molecule has 0 bridgehead atoms. The van der Waals surface area contributed by atoms with Crippen molar-refractivity contribution in [1.29, 1.82) is 0 Å². The molecule has 1 fully saturated rings. The summed E-state index contributed by atoms with van der Waals surface area (Å²) in [6, 6.07) is 12.6. The van der Waals surface area contributed by atoms with Crippen molar-refractivity contribution in [2.75, 3.05) is 38.1 Å². The Labute approximate surface area is 206 Å². The van der Waals surface area contributed by atoms with Gasteiger partial charge in [-0.05, 0) is 42.4 Å². The highest BCUT2D eigenvalue weighted by Gasteiger charge is 2.32. The topological polar surface area (TPSA) is 73.9 Å². The lowest BCUT2D eigenvalue weighted by Crippen LogP contribution is -2.33. The van der Waals surface area contributed by atoms with Crippen LogP contribution >= 0.6 is 0 Å². The van der Waals surface area contributed by atoms with Gasteiger partial charge >= 0.3 is 6.09 Å². The summed E-state index contributed by atoms with van der Waals surface area (Å²) >= 11 is 0. The van der Waals surface area contributed by atoms with Gasteiger partial charge in [-0.1, -0.05) is 42.5 Å². The van der Waals surface area contributed by atoms with Crippen molar-refractivity contribution in [3.8, 4) is 11.1 Å². The molecule has 2 aromatic carbocycles. The highest BCUT2D eigenvalue weighted by atomic mass is 19.1. The van der Waals surface area contributed by atoms with Crippen LogP contribution in [0.2, 0.25) is 0 Å². The van der Waals surface area contributed by atoms with Crippen molar-refractivity contribution in [2.45, 2.75) is 26.5 Å². The molecule has 0 saturated carbocycles. The van der Waals surface area contributed by atoms with Crippen molar-refractivity contribution < 1.29 is 18.7 Å². The highest BCUT2D eigenvalue weighted by molar-refractivity contribution is 5.90. The minimum atomic E-state index is -0.552. The lowest BCUT2D eigenvalue weighted by atomic mass is 10.0. The number of hydrogen-bond donors (Lipinski definition) is 2. The number of anilines is 1. The second-order valence-electron chi connectivity index (χ2n) is 8.37. The first kappa shape index (κ1) is 26.0. The molecule has 1 atom stereocenters. The Bertz CT molecular complexity index is 1070. The van der Waals surface area contributed by atoms with Gasteiger partial charge in [0.1, 0.15) is 11.9 Å². The van der Waals surface area contributed by atoms with E-state index in [0.29, 0.717) is 11.3 Å². The molecule has 1 aliphatic heterocycles. The van der Waals surface area contributed by atoms with Crippen LogP contribution in [0.1, 0.15) is 19.4 Å². The zero-order valence-corrected chi connectivity index (χ0v) is 20.5. The van der Waals surface area contributed by atoms with Crippen molar-refractivity contribution in [3.05, 3.63) is 78.3 Å². The number of rotatable bonds is 11. The lowest BCUT2D eigenvalue weighted by Gasteiger charge is -2.19. The summed E-state index contributed by atoms with van der Waals surface area (Å²) in [5.74, 6) is -0.614. The number of amides is 2. The van der Waals surface area contributed by atoms with Gasteiger partial charge in [-0.2, -0.15) is 0 Å². The van der Waals surface area contributed by atoms with E-state index < -0.39 is 18.0 Å². The molecule has 8 heteroatoms. The van der Waals surface area contributed by atoms with Crippen molar-refractivity contribution in [1.82, 2.24) is 15.5 Å². The maximum absolute atomic E-state index is 15.0. The monoisotopic (exact) mass is 480 g/mol. The molecule has 0 spiro atoms. The third-order valence-electron chi connectivity index (χ3n) is 5.64. The Kier molecular flexibility index (Phi) is 9.43. The van der Waals surface area contributed by atoms with Gasteiger partial charge in [0.25, 0.3) is 0 Å². The van der Waals surface area contributed by atoms with Gasteiger partial charge in [-0.15, -0.1) is 0 Å². The SMILES string of the molecule is C/C=C/CN(C/C=C/NC)Cc1ccc(-c2ccc(N3C[C@H](CNC(C)=O)OC3=O)cc2F)cc1. The summed E-state index contributed by atoms with van der Waals surface area (Å²) < 4.78 is 20.3. The zero-order valence-electron chi connectivity index (χ0n) is 20.5. The number of hydrogen-bond acceptors (Lipinski definition) is 5. The zero-order chi connectivity index (χ0) is 25.2. The Hall–Kier alpha value is -3.65. The van der Waals surface area contributed by atoms with Gasteiger partial charge < -0.3 is 15.4 Å². The number of cyclic esters (lactones) is 1. The second-order valence-corrected chi connectivity index (χ2v) is 8.37. The lowest BCUT2D eigenvalue weighted by molar-refractivity contribution is -0.119. The molecule has 7 nitrogen and oxygen atoms in total. The largest absolute Gasteiger partial charge is 0.442 e. The van der Waals surface area contributed by atoms with E-state index in [4.69, 9.17) is 4.74 Å². The Morgan fingerprint density at radius 1 is 1.20 bits per heavy atom. The first-order valence-electron chi connectivity index (χ1n) is 11.7. The van der Waals surface area contributed by atoms with Crippen molar-refractivity contribution >= 4 is 17.7 Å². The van der Waals surface area contributed by atoms with Crippen LogP contribution in [-0.4, -0.2) is 56.2 Å².